The van der Waals surface area contributed by atoms with Crippen LogP contribution < -0.4 is 5.32 Å². The second-order valence-corrected chi connectivity index (χ2v) is 6.17. The third-order valence-corrected chi connectivity index (χ3v) is 4.50. The number of hydrogen-bond acceptors (Lipinski definition) is 3. The van der Waals surface area contributed by atoms with Crippen LogP contribution >= 0.6 is 23.2 Å². The topological polar surface area (TPSA) is 62.5 Å². The van der Waals surface area contributed by atoms with Crippen LogP contribution in [0.5, 0.6) is 0 Å². The summed E-state index contributed by atoms with van der Waals surface area (Å²) in [7, 11) is 0. The lowest BCUT2D eigenvalue weighted by Crippen LogP contribution is -2.30. The van der Waals surface area contributed by atoms with Crippen LogP contribution in [0.1, 0.15) is 29.8 Å². The zero-order valence-corrected chi connectivity index (χ0v) is 13.1. The number of hydrogen-bond donors (Lipinski definition) is 2. The van der Waals surface area contributed by atoms with E-state index in [-0.39, 0.29) is 24.3 Å². The monoisotopic (exact) mass is 339 g/mol. The van der Waals surface area contributed by atoms with Gasteiger partial charge in [0, 0.05) is 34.0 Å². The Morgan fingerprint density at radius 2 is 2.05 bits per heavy atom. The maximum atomic E-state index is 12.1. The van der Waals surface area contributed by atoms with Gasteiger partial charge in [0.1, 0.15) is 5.76 Å². The maximum absolute atomic E-state index is 12.1. The number of nitrogens with one attached hydrogen (secondary N) is 1. The van der Waals surface area contributed by atoms with E-state index < -0.39 is 6.10 Å². The minimum Gasteiger partial charge on any atom is -0.469 e. The lowest BCUT2D eigenvalue weighted by Gasteiger charge is -2.15. The van der Waals surface area contributed by atoms with Crippen molar-refractivity contribution in [2.75, 3.05) is 6.54 Å². The average molecular weight is 340 g/mol. The Labute approximate surface area is 138 Å². The summed E-state index contributed by atoms with van der Waals surface area (Å²) in [5.74, 6) is 0.773. The third kappa shape index (κ3) is 3.14. The van der Waals surface area contributed by atoms with Crippen LogP contribution in [0.4, 0.5) is 0 Å². The van der Waals surface area contributed by atoms with E-state index in [2.05, 4.69) is 5.32 Å². The second kappa shape index (κ2) is 6.32. The van der Waals surface area contributed by atoms with E-state index in [0.29, 0.717) is 15.6 Å². The molecule has 1 amide bonds. The number of rotatable bonds is 5. The Morgan fingerprint density at radius 3 is 2.68 bits per heavy atom. The van der Waals surface area contributed by atoms with E-state index in [4.69, 9.17) is 27.6 Å². The number of amides is 1. The summed E-state index contributed by atoms with van der Waals surface area (Å²) in [5.41, 5.74) is 0.435. The molecule has 1 aromatic heterocycles. The van der Waals surface area contributed by atoms with Gasteiger partial charge in [-0.2, -0.15) is 0 Å². The van der Waals surface area contributed by atoms with Crippen LogP contribution in [0, 0.1) is 5.92 Å². The quantitative estimate of drug-likeness (QED) is 0.875. The molecule has 6 heteroatoms. The molecule has 1 fully saturated rings. The van der Waals surface area contributed by atoms with Crippen molar-refractivity contribution in [3.63, 3.8) is 0 Å². The Balaban J connectivity index is 1.56. The van der Waals surface area contributed by atoms with Gasteiger partial charge in [-0.25, -0.2) is 0 Å². The summed E-state index contributed by atoms with van der Waals surface area (Å²) < 4.78 is 5.30. The van der Waals surface area contributed by atoms with Gasteiger partial charge in [-0.1, -0.05) is 29.3 Å². The van der Waals surface area contributed by atoms with Gasteiger partial charge >= 0.3 is 0 Å². The molecule has 1 aromatic carbocycles. The van der Waals surface area contributed by atoms with Crippen molar-refractivity contribution in [2.24, 2.45) is 5.92 Å². The summed E-state index contributed by atoms with van der Waals surface area (Å²) in [4.78, 5) is 12.1. The molecule has 3 rings (SSSR count). The molecule has 0 aliphatic heterocycles. The highest BCUT2D eigenvalue weighted by molar-refractivity contribution is 6.36. The summed E-state index contributed by atoms with van der Waals surface area (Å²) in [6.45, 7) is 0.0731. The first-order chi connectivity index (χ1) is 10.6. The molecule has 2 N–H and O–H groups in total. The molecule has 0 bridgehead atoms. The minimum absolute atomic E-state index is 0.0731. The normalized spacial score (nSPS) is 21.4. The number of halogens is 2. The fourth-order valence-electron chi connectivity index (χ4n) is 2.56. The fraction of sp³-hybridized carbons (Fsp3) is 0.312. The average Bonchev–Trinajstić information content (AvgIpc) is 3.10. The van der Waals surface area contributed by atoms with Crippen LogP contribution in [0.2, 0.25) is 10.0 Å². The first-order valence-corrected chi connectivity index (χ1v) is 7.76. The van der Waals surface area contributed by atoms with Crippen LogP contribution in [0.15, 0.2) is 41.0 Å². The van der Waals surface area contributed by atoms with Gasteiger partial charge < -0.3 is 14.8 Å². The molecular formula is C16H15Cl2NO3. The molecule has 0 spiro atoms. The minimum atomic E-state index is -0.939. The summed E-state index contributed by atoms with van der Waals surface area (Å²) >= 11 is 12.1. The Bertz CT molecular complexity index is 652. The first-order valence-electron chi connectivity index (χ1n) is 7.01. The smallest absolute Gasteiger partial charge is 0.223 e. The van der Waals surface area contributed by atoms with Gasteiger partial charge in [-0.15, -0.1) is 0 Å². The van der Waals surface area contributed by atoms with Crippen LogP contribution in [0.25, 0.3) is 0 Å². The standard InChI is InChI=1S/C16H15Cl2NO3/c17-11-3-1-4-12(18)15(11)13(20)8-19-16(21)10-7-9(10)14-5-2-6-22-14/h1-6,9-10,13,20H,7-8H2,(H,19,21). The number of aliphatic hydroxyl groups excluding tert-OH is 1. The number of carbonyl (C=O) groups is 1. The second-order valence-electron chi connectivity index (χ2n) is 5.36. The van der Waals surface area contributed by atoms with Crippen molar-refractivity contribution in [3.05, 3.63) is 58.0 Å². The molecular weight excluding hydrogens is 325 g/mol. The molecule has 116 valence electrons. The lowest BCUT2D eigenvalue weighted by molar-refractivity contribution is -0.122. The zero-order valence-electron chi connectivity index (χ0n) is 11.6. The van der Waals surface area contributed by atoms with Gasteiger partial charge in [-0.05, 0) is 30.7 Å². The molecule has 3 atom stereocenters. The fourth-order valence-corrected chi connectivity index (χ4v) is 3.21. The van der Waals surface area contributed by atoms with Gasteiger partial charge in [0.25, 0.3) is 0 Å². The molecule has 1 aliphatic rings. The third-order valence-electron chi connectivity index (χ3n) is 3.84. The Morgan fingerprint density at radius 1 is 1.32 bits per heavy atom. The number of carbonyl (C=O) groups excluding carboxylic acids is 1. The van der Waals surface area contributed by atoms with E-state index in [1.807, 2.05) is 12.1 Å². The van der Waals surface area contributed by atoms with Crippen molar-refractivity contribution in [1.29, 1.82) is 0 Å². The molecule has 1 heterocycles. The van der Waals surface area contributed by atoms with Crippen molar-refractivity contribution >= 4 is 29.1 Å². The highest BCUT2D eigenvalue weighted by Gasteiger charge is 2.45. The summed E-state index contributed by atoms with van der Waals surface area (Å²) in [6.07, 6.45) is 1.43. The van der Waals surface area contributed by atoms with Crippen molar-refractivity contribution in [1.82, 2.24) is 5.32 Å². The Kier molecular flexibility index (Phi) is 4.43. The number of aliphatic hydroxyl groups is 1. The summed E-state index contributed by atoms with van der Waals surface area (Å²) in [6, 6.07) is 8.70. The predicted octanol–water partition coefficient (Wildman–Crippen LogP) is 3.54. The van der Waals surface area contributed by atoms with Crippen molar-refractivity contribution in [2.45, 2.75) is 18.4 Å². The number of benzene rings is 1. The van der Waals surface area contributed by atoms with E-state index in [9.17, 15) is 9.90 Å². The summed E-state index contributed by atoms with van der Waals surface area (Å²) in [5, 5.41) is 13.7. The van der Waals surface area contributed by atoms with E-state index >= 15 is 0 Å². The van der Waals surface area contributed by atoms with Crippen molar-refractivity contribution in [3.8, 4) is 0 Å². The van der Waals surface area contributed by atoms with Gasteiger partial charge in [0.15, 0.2) is 0 Å². The highest BCUT2D eigenvalue weighted by Crippen LogP contribution is 2.47. The molecule has 4 nitrogen and oxygen atoms in total. The Hall–Kier alpha value is -1.49. The molecule has 1 aliphatic carbocycles. The molecule has 1 saturated carbocycles. The molecule has 3 unspecified atom stereocenters. The zero-order chi connectivity index (χ0) is 15.7. The van der Waals surface area contributed by atoms with E-state index in [0.717, 1.165) is 12.2 Å². The van der Waals surface area contributed by atoms with Crippen LogP contribution in [-0.2, 0) is 4.79 Å². The van der Waals surface area contributed by atoms with Gasteiger partial charge in [-0.3, -0.25) is 4.79 Å². The SMILES string of the molecule is O=C(NCC(O)c1c(Cl)cccc1Cl)C1CC1c1ccco1. The lowest BCUT2D eigenvalue weighted by atomic mass is 10.1. The molecule has 0 saturated heterocycles. The number of furan rings is 1. The first kappa shape index (κ1) is 15.4. The van der Waals surface area contributed by atoms with E-state index in [1.54, 1.807) is 24.5 Å². The highest BCUT2D eigenvalue weighted by atomic mass is 35.5. The molecule has 2 aromatic rings. The van der Waals surface area contributed by atoms with Gasteiger partial charge in [0.2, 0.25) is 5.91 Å². The maximum Gasteiger partial charge on any atom is 0.223 e. The molecule has 0 radical (unpaired) electrons. The van der Waals surface area contributed by atoms with E-state index in [1.165, 1.54) is 0 Å². The van der Waals surface area contributed by atoms with Crippen LogP contribution in [0.3, 0.4) is 0 Å². The van der Waals surface area contributed by atoms with Crippen molar-refractivity contribution < 1.29 is 14.3 Å². The van der Waals surface area contributed by atoms with Crippen LogP contribution in [-0.4, -0.2) is 17.6 Å². The predicted molar refractivity (Wildman–Crippen MR) is 84.0 cm³/mol. The largest absolute Gasteiger partial charge is 0.469 e. The molecule has 22 heavy (non-hydrogen) atoms. The van der Waals surface area contributed by atoms with Gasteiger partial charge in [0.05, 0.1) is 12.4 Å².